The van der Waals surface area contributed by atoms with Crippen molar-refractivity contribution in [2.75, 3.05) is 0 Å². The van der Waals surface area contributed by atoms with Crippen LogP contribution in [-0.4, -0.2) is 9.52 Å². The van der Waals surface area contributed by atoms with Crippen LogP contribution in [0.2, 0.25) is 5.04 Å². The van der Waals surface area contributed by atoms with Crippen LogP contribution in [0.4, 0.5) is 0 Å². The molecule has 0 N–H and O–H groups in total. The van der Waals surface area contributed by atoms with Crippen molar-refractivity contribution in [1.82, 2.24) is 0 Å². The van der Waals surface area contributed by atoms with E-state index in [1.54, 1.807) is 0 Å². The Bertz CT molecular complexity index is 221. The third kappa shape index (κ3) is 3.72. The van der Waals surface area contributed by atoms with Crippen LogP contribution >= 0.6 is 0 Å². The molecule has 0 bridgehead atoms. The highest BCUT2D eigenvalue weighted by Gasteiger charge is 2.10. The Morgan fingerprint density at radius 2 is 1.67 bits per heavy atom. The number of benzene rings is 1. The molecular formula is C11H18Si. The zero-order valence-electron chi connectivity index (χ0n) is 8.30. The van der Waals surface area contributed by atoms with Gasteiger partial charge in [-0.25, -0.2) is 0 Å². The minimum Gasteiger partial charge on any atom is -0.0631 e. The van der Waals surface area contributed by atoms with E-state index < -0.39 is 0 Å². The van der Waals surface area contributed by atoms with Gasteiger partial charge in [0.25, 0.3) is 0 Å². The molecule has 0 aliphatic carbocycles. The predicted octanol–water partition coefficient (Wildman–Crippen LogP) is 2.57. The highest BCUT2D eigenvalue weighted by atomic mass is 28.2. The summed E-state index contributed by atoms with van der Waals surface area (Å²) in [6.07, 6.45) is 0. The first-order valence-electron chi connectivity index (χ1n) is 4.62. The zero-order chi connectivity index (χ0) is 9.03. The lowest BCUT2D eigenvalue weighted by molar-refractivity contribution is 0.749. The van der Waals surface area contributed by atoms with Gasteiger partial charge in [-0.05, 0) is 11.1 Å². The van der Waals surface area contributed by atoms with Crippen LogP contribution in [0, 0.1) is 0 Å². The van der Waals surface area contributed by atoms with Crippen LogP contribution < -0.4 is 0 Å². The van der Waals surface area contributed by atoms with Crippen molar-refractivity contribution in [3.8, 4) is 0 Å². The van der Waals surface area contributed by atoms with E-state index in [1.165, 1.54) is 11.6 Å². The van der Waals surface area contributed by atoms with E-state index >= 15 is 0 Å². The molecule has 0 saturated carbocycles. The predicted molar refractivity (Wildman–Crippen MR) is 58.4 cm³/mol. The molecule has 0 unspecified atom stereocenters. The third-order valence-electron chi connectivity index (χ3n) is 2.01. The molecule has 1 aromatic rings. The fourth-order valence-electron chi connectivity index (χ4n) is 1.16. The molecule has 1 aromatic carbocycles. The van der Waals surface area contributed by atoms with Gasteiger partial charge < -0.3 is 0 Å². The second-order valence-corrected chi connectivity index (χ2v) is 7.67. The summed E-state index contributed by atoms with van der Waals surface area (Å²) in [5.41, 5.74) is 1.51. The van der Waals surface area contributed by atoms with Gasteiger partial charge in [-0.1, -0.05) is 56.7 Å². The van der Waals surface area contributed by atoms with Crippen molar-refractivity contribution in [1.29, 1.82) is 0 Å². The maximum Gasteiger partial charge on any atom is 0.0308 e. The molecule has 0 aromatic heterocycles. The second kappa shape index (κ2) is 3.90. The summed E-state index contributed by atoms with van der Waals surface area (Å²) in [7, 11) is 0.0514. The van der Waals surface area contributed by atoms with E-state index in [0.717, 1.165) is 0 Å². The molecule has 66 valence electrons. The fraction of sp³-hybridized carbons (Fsp3) is 0.455. The maximum absolute atomic E-state index is 2.35. The molecule has 0 nitrogen and oxygen atoms in total. The Morgan fingerprint density at radius 1 is 1.08 bits per heavy atom. The highest BCUT2D eigenvalue weighted by molar-refractivity contribution is 6.39. The lowest BCUT2D eigenvalue weighted by Crippen LogP contribution is -2.11. The Kier molecular flexibility index (Phi) is 3.10. The molecule has 12 heavy (non-hydrogen) atoms. The van der Waals surface area contributed by atoms with Gasteiger partial charge in [0.2, 0.25) is 0 Å². The molecule has 0 spiro atoms. The van der Waals surface area contributed by atoms with Gasteiger partial charge in [-0.15, -0.1) is 0 Å². The lowest BCUT2D eigenvalue weighted by Gasteiger charge is -2.16. The fourth-order valence-corrected chi connectivity index (χ4v) is 2.54. The van der Waals surface area contributed by atoms with Crippen molar-refractivity contribution in [3.63, 3.8) is 0 Å². The van der Waals surface area contributed by atoms with Gasteiger partial charge in [0.1, 0.15) is 0 Å². The molecule has 0 fully saturated rings. The first-order valence-corrected chi connectivity index (χ1v) is 6.32. The van der Waals surface area contributed by atoms with Crippen molar-refractivity contribution >= 4 is 9.52 Å². The largest absolute Gasteiger partial charge is 0.0631 e. The van der Waals surface area contributed by atoms with E-state index in [-0.39, 0.29) is 9.52 Å². The van der Waals surface area contributed by atoms with Gasteiger partial charge in [0.05, 0.1) is 0 Å². The van der Waals surface area contributed by atoms with Crippen LogP contribution in [0.5, 0.6) is 0 Å². The van der Waals surface area contributed by atoms with Gasteiger partial charge in [0, 0.05) is 9.52 Å². The molecule has 0 aliphatic rings. The second-order valence-electron chi connectivity index (χ2n) is 4.55. The molecule has 0 atom stereocenters. The Balaban J connectivity index is 2.44. The van der Waals surface area contributed by atoms with E-state index in [0.29, 0.717) is 5.04 Å². The molecule has 0 radical (unpaired) electrons. The summed E-state index contributed by atoms with van der Waals surface area (Å²) in [5.74, 6) is 0. The monoisotopic (exact) mass is 178 g/mol. The molecule has 0 saturated heterocycles. The minimum absolute atomic E-state index is 0.0514. The van der Waals surface area contributed by atoms with Crippen LogP contribution in [0.3, 0.4) is 0 Å². The smallest absolute Gasteiger partial charge is 0.0308 e. The van der Waals surface area contributed by atoms with Gasteiger partial charge in [-0.2, -0.15) is 0 Å². The van der Waals surface area contributed by atoms with Crippen LogP contribution in [0.25, 0.3) is 0 Å². The van der Waals surface area contributed by atoms with Crippen molar-refractivity contribution < 1.29 is 0 Å². The average molecular weight is 178 g/mol. The summed E-state index contributed by atoms with van der Waals surface area (Å²) in [5, 5.41) is 0.593. The maximum atomic E-state index is 2.35. The average Bonchev–Trinajstić information content (AvgIpc) is 2.02. The van der Waals surface area contributed by atoms with E-state index in [2.05, 4.69) is 51.1 Å². The highest BCUT2D eigenvalue weighted by Crippen LogP contribution is 2.21. The summed E-state index contributed by atoms with van der Waals surface area (Å²) in [6, 6.07) is 12.2. The number of rotatable bonds is 2. The van der Waals surface area contributed by atoms with E-state index in [4.69, 9.17) is 0 Å². The van der Waals surface area contributed by atoms with E-state index in [1.807, 2.05) is 0 Å². The Morgan fingerprint density at radius 3 is 2.17 bits per heavy atom. The topological polar surface area (TPSA) is 0 Å². The van der Waals surface area contributed by atoms with Crippen molar-refractivity contribution in [2.24, 2.45) is 0 Å². The summed E-state index contributed by atoms with van der Waals surface area (Å²) in [6.45, 7) is 7.05. The normalized spacial score (nSPS) is 12.6. The third-order valence-corrected chi connectivity index (χ3v) is 4.33. The summed E-state index contributed by atoms with van der Waals surface area (Å²) in [4.78, 5) is 0. The molecule has 1 rings (SSSR count). The first-order chi connectivity index (χ1) is 5.58. The van der Waals surface area contributed by atoms with Crippen LogP contribution in [0.15, 0.2) is 30.3 Å². The Hall–Kier alpha value is -0.563. The van der Waals surface area contributed by atoms with Crippen LogP contribution in [-0.2, 0) is 6.04 Å². The Labute approximate surface area is 77.8 Å². The zero-order valence-corrected chi connectivity index (χ0v) is 9.72. The molecular weight excluding hydrogens is 160 g/mol. The minimum atomic E-state index is 0.0514. The van der Waals surface area contributed by atoms with Crippen molar-refractivity contribution in [2.45, 2.75) is 31.9 Å². The lowest BCUT2D eigenvalue weighted by atomic mass is 10.2. The van der Waals surface area contributed by atoms with Gasteiger partial charge in [-0.3, -0.25) is 0 Å². The first kappa shape index (κ1) is 9.52. The summed E-state index contributed by atoms with van der Waals surface area (Å²) < 4.78 is 0. The van der Waals surface area contributed by atoms with Gasteiger partial charge in [0.15, 0.2) is 0 Å². The molecule has 0 aliphatic heterocycles. The quantitative estimate of drug-likeness (QED) is 0.611. The number of hydrogen-bond donors (Lipinski definition) is 0. The standard InChI is InChI=1S/C11H18Si/c1-11(2,3)12-9-10-7-5-4-6-8-10/h4-8H,9,12H2,1-3H3. The SMILES string of the molecule is CC(C)(C)[SiH2]Cc1ccccc1. The molecule has 0 heterocycles. The van der Waals surface area contributed by atoms with Crippen molar-refractivity contribution in [3.05, 3.63) is 35.9 Å². The number of hydrogen-bond acceptors (Lipinski definition) is 0. The van der Waals surface area contributed by atoms with Crippen LogP contribution in [0.1, 0.15) is 26.3 Å². The van der Waals surface area contributed by atoms with E-state index in [9.17, 15) is 0 Å². The summed E-state index contributed by atoms with van der Waals surface area (Å²) >= 11 is 0. The van der Waals surface area contributed by atoms with Gasteiger partial charge >= 0.3 is 0 Å². The molecule has 1 heteroatoms. The molecule has 0 amide bonds.